The molecule has 10 heteroatoms. The summed E-state index contributed by atoms with van der Waals surface area (Å²) in [5.74, 6) is 1.28. The number of anilines is 1. The number of aromatic nitrogens is 2. The van der Waals surface area contributed by atoms with Crippen molar-refractivity contribution in [2.24, 2.45) is 0 Å². The lowest BCUT2D eigenvalue weighted by molar-refractivity contribution is -0.115. The molecular formula is C25H24ClN3O5S. The zero-order valence-corrected chi connectivity index (χ0v) is 21.0. The number of furan rings is 1. The third kappa shape index (κ3) is 5.47. The van der Waals surface area contributed by atoms with Gasteiger partial charge < -0.3 is 19.2 Å². The highest BCUT2D eigenvalue weighted by Gasteiger charge is 2.23. The van der Waals surface area contributed by atoms with Crippen molar-refractivity contribution in [2.75, 3.05) is 19.5 Å². The number of fused-ring (bicyclic) bond motifs is 1. The number of ether oxygens (including phenoxy) is 2. The number of amides is 1. The van der Waals surface area contributed by atoms with Crippen molar-refractivity contribution in [3.8, 4) is 11.5 Å². The average molecular weight is 514 g/mol. The molecule has 0 saturated carbocycles. The largest absolute Gasteiger partial charge is 0.493 e. The molecule has 0 aliphatic carbocycles. The number of thioether (sulfide) groups is 1. The van der Waals surface area contributed by atoms with Gasteiger partial charge in [-0.05, 0) is 48.9 Å². The van der Waals surface area contributed by atoms with E-state index in [-0.39, 0.29) is 18.0 Å². The van der Waals surface area contributed by atoms with Crippen molar-refractivity contribution in [3.63, 3.8) is 0 Å². The molecule has 0 aliphatic rings. The minimum absolute atomic E-state index is 0.167. The van der Waals surface area contributed by atoms with E-state index in [9.17, 15) is 9.59 Å². The highest BCUT2D eigenvalue weighted by atomic mass is 35.5. The molecule has 8 nitrogen and oxygen atoms in total. The number of methoxy groups -OCH3 is 2. The molecule has 4 rings (SSSR count). The number of hydrogen-bond donors (Lipinski definition) is 1. The molecular weight excluding hydrogens is 490 g/mol. The van der Waals surface area contributed by atoms with Crippen LogP contribution in [0.4, 0.5) is 5.69 Å². The molecule has 0 fully saturated rings. The van der Waals surface area contributed by atoms with E-state index in [1.165, 1.54) is 30.5 Å². The fraction of sp³-hybridized carbons (Fsp3) is 0.240. The third-order valence-electron chi connectivity index (χ3n) is 5.34. The lowest BCUT2D eigenvalue weighted by atomic mass is 10.2. The summed E-state index contributed by atoms with van der Waals surface area (Å²) in [6.07, 6.45) is 2.06. The van der Waals surface area contributed by atoms with Crippen LogP contribution in [-0.2, 0) is 11.3 Å². The molecule has 0 unspecified atom stereocenters. The van der Waals surface area contributed by atoms with E-state index in [1.54, 1.807) is 54.8 Å². The molecule has 4 aromatic rings. The van der Waals surface area contributed by atoms with Crippen LogP contribution < -0.4 is 20.3 Å². The van der Waals surface area contributed by atoms with Gasteiger partial charge in [0.05, 0.1) is 43.2 Å². The van der Waals surface area contributed by atoms with Crippen LogP contribution in [0.25, 0.3) is 10.9 Å². The number of nitrogens with one attached hydrogen (secondary N) is 1. The third-order valence-corrected chi connectivity index (χ3v) is 6.95. The van der Waals surface area contributed by atoms with Gasteiger partial charge in [-0.1, -0.05) is 30.3 Å². The summed E-state index contributed by atoms with van der Waals surface area (Å²) in [4.78, 5) is 31.4. The Labute approximate surface area is 211 Å². The number of hydrogen-bond acceptors (Lipinski definition) is 7. The molecule has 0 aliphatic heterocycles. The second-order valence-electron chi connectivity index (χ2n) is 7.60. The Morgan fingerprint density at radius 1 is 1.17 bits per heavy atom. The SMILES string of the molecule is CC[C@H](Sc1nc2cc(OC)c(OC)cc2c(=O)n1Cc1ccco1)C(=O)Nc1ccc(Cl)cc1. The minimum Gasteiger partial charge on any atom is -0.493 e. The van der Waals surface area contributed by atoms with Crippen LogP contribution in [0.3, 0.4) is 0 Å². The first-order chi connectivity index (χ1) is 16.9. The predicted molar refractivity (Wildman–Crippen MR) is 137 cm³/mol. The molecule has 182 valence electrons. The average Bonchev–Trinajstić information content (AvgIpc) is 3.38. The van der Waals surface area contributed by atoms with E-state index in [0.29, 0.717) is 50.4 Å². The Morgan fingerprint density at radius 3 is 2.51 bits per heavy atom. The van der Waals surface area contributed by atoms with Gasteiger partial charge in [-0.25, -0.2) is 4.98 Å². The van der Waals surface area contributed by atoms with E-state index in [2.05, 4.69) is 5.32 Å². The summed E-state index contributed by atoms with van der Waals surface area (Å²) in [7, 11) is 3.03. The van der Waals surface area contributed by atoms with Crippen LogP contribution in [-0.4, -0.2) is 34.9 Å². The van der Waals surface area contributed by atoms with Crippen LogP contribution >= 0.6 is 23.4 Å². The van der Waals surface area contributed by atoms with E-state index < -0.39 is 5.25 Å². The summed E-state index contributed by atoms with van der Waals surface area (Å²) in [5, 5.41) is 3.75. The first-order valence-corrected chi connectivity index (χ1v) is 12.1. The van der Waals surface area contributed by atoms with Gasteiger partial charge in [-0.15, -0.1) is 0 Å². The Hall–Kier alpha value is -3.43. The molecule has 1 N–H and O–H groups in total. The second kappa shape index (κ2) is 10.9. The summed E-state index contributed by atoms with van der Waals surface area (Å²) >= 11 is 7.16. The summed E-state index contributed by atoms with van der Waals surface area (Å²) in [6, 6.07) is 13.7. The first-order valence-electron chi connectivity index (χ1n) is 10.9. The second-order valence-corrected chi connectivity index (χ2v) is 9.21. The predicted octanol–water partition coefficient (Wildman–Crippen LogP) is 5.22. The molecule has 0 radical (unpaired) electrons. The number of nitrogens with zero attached hydrogens (tertiary/aromatic N) is 2. The van der Waals surface area contributed by atoms with Gasteiger partial charge in [0.1, 0.15) is 5.76 Å². The van der Waals surface area contributed by atoms with Crippen LogP contribution in [0.15, 0.2) is 69.2 Å². The van der Waals surface area contributed by atoms with Gasteiger partial charge in [0.15, 0.2) is 16.7 Å². The lowest BCUT2D eigenvalue weighted by Gasteiger charge is -2.18. The minimum atomic E-state index is -0.502. The topological polar surface area (TPSA) is 95.6 Å². The van der Waals surface area contributed by atoms with Gasteiger partial charge >= 0.3 is 0 Å². The first kappa shape index (κ1) is 24.7. The summed E-state index contributed by atoms with van der Waals surface area (Å²) < 4.78 is 17.7. The molecule has 1 atom stereocenters. The smallest absolute Gasteiger partial charge is 0.262 e. The van der Waals surface area contributed by atoms with Crippen molar-refractivity contribution >= 4 is 45.9 Å². The normalized spacial score (nSPS) is 11.9. The fourth-order valence-corrected chi connectivity index (χ4v) is 4.66. The van der Waals surface area contributed by atoms with Gasteiger partial charge in [-0.2, -0.15) is 0 Å². The monoisotopic (exact) mass is 513 g/mol. The van der Waals surface area contributed by atoms with Crippen molar-refractivity contribution < 1.29 is 18.7 Å². The van der Waals surface area contributed by atoms with Crippen molar-refractivity contribution in [2.45, 2.75) is 30.3 Å². The zero-order chi connectivity index (χ0) is 24.9. The number of halogens is 1. The van der Waals surface area contributed by atoms with Crippen LogP contribution in [0.5, 0.6) is 11.5 Å². The summed E-state index contributed by atoms with van der Waals surface area (Å²) in [5.41, 5.74) is 0.802. The zero-order valence-electron chi connectivity index (χ0n) is 19.4. The number of benzene rings is 2. The molecule has 0 saturated heterocycles. The van der Waals surface area contributed by atoms with E-state index in [4.69, 9.17) is 30.5 Å². The van der Waals surface area contributed by atoms with E-state index in [0.717, 1.165) is 0 Å². The highest BCUT2D eigenvalue weighted by Crippen LogP contribution is 2.32. The molecule has 1 amide bonds. The maximum atomic E-state index is 13.6. The van der Waals surface area contributed by atoms with Crippen molar-refractivity contribution in [3.05, 3.63) is 75.9 Å². The maximum absolute atomic E-state index is 13.6. The molecule has 2 aromatic heterocycles. The van der Waals surface area contributed by atoms with Crippen LogP contribution in [0, 0.1) is 0 Å². The fourth-order valence-electron chi connectivity index (χ4n) is 3.52. The van der Waals surface area contributed by atoms with Gasteiger partial charge in [0.25, 0.3) is 5.56 Å². The van der Waals surface area contributed by atoms with E-state index >= 15 is 0 Å². The molecule has 0 bridgehead atoms. The Kier molecular flexibility index (Phi) is 7.67. The molecule has 2 heterocycles. The van der Waals surface area contributed by atoms with Crippen molar-refractivity contribution in [1.29, 1.82) is 0 Å². The quantitative estimate of drug-likeness (QED) is 0.242. The molecule has 2 aromatic carbocycles. The Balaban J connectivity index is 1.75. The van der Waals surface area contributed by atoms with Gasteiger partial charge in [0.2, 0.25) is 5.91 Å². The standard InChI is InChI=1S/C25H24ClN3O5S/c1-4-22(23(30)27-16-9-7-15(26)8-10-16)35-25-28-19-13-21(33-3)20(32-2)12-18(19)24(31)29(25)14-17-6-5-11-34-17/h5-13,22H,4,14H2,1-3H3,(H,27,30)/t22-/m0/s1. The summed E-state index contributed by atoms with van der Waals surface area (Å²) in [6.45, 7) is 2.07. The van der Waals surface area contributed by atoms with Crippen LogP contribution in [0.2, 0.25) is 5.02 Å². The number of carbonyl (C=O) groups is 1. The highest BCUT2D eigenvalue weighted by molar-refractivity contribution is 8.00. The number of carbonyl (C=O) groups excluding carboxylic acids is 1. The maximum Gasteiger partial charge on any atom is 0.262 e. The lowest BCUT2D eigenvalue weighted by Crippen LogP contribution is -2.28. The number of rotatable bonds is 9. The molecule has 35 heavy (non-hydrogen) atoms. The van der Waals surface area contributed by atoms with E-state index in [1.807, 2.05) is 6.92 Å². The van der Waals surface area contributed by atoms with Gasteiger partial charge in [-0.3, -0.25) is 14.2 Å². The molecule has 0 spiro atoms. The van der Waals surface area contributed by atoms with Gasteiger partial charge in [0, 0.05) is 16.8 Å². The van der Waals surface area contributed by atoms with Crippen molar-refractivity contribution in [1.82, 2.24) is 9.55 Å². The van der Waals surface area contributed by atoms with Crippen LogP contribution in [0.1, 0.15) is 19.1 Å². The Bertz CT molecular complexity index is 1390. The Morgan fingerprint density at radius 2 is 1.89 bits per heavy atom.